The molecule has 1 aromatic heterocycles. The van der Waals surface area contributed by atoms with Crippen LogP contribution in [0.4, 0.5) is 0 Å². The number of nitrogens with zero attached hydrogens (tertiary/aromatic N) is 3. The molecule has 2 amide bonds. The van der Waals surface area contributed by atoms with Crippen LogP contribution in [0.1, 0.15) is 55.6 Å². The first-order valence-electron chi connectivity index (χ1n) is 10.2. The van der Waals surface area contributed by atoms with Gasteiger partial charge in [-0.25, -0.2) is 4.79 Å². The van der Waals surface area contributed by atoms with Crippen LogP contribution in [0.3, 0.4) is 0 Å². The Bertz CT molecular complexity index is 1100. The molecule has 0 radical (unpaired) electrons. The zero-order chi connectivity index (χ0) is 22.5. The SMILES string of the molecule is Cc1nc(COc2ccc(C(=O)OCCCCN3C(=O)c4ccccc4C3=O)cc2)no1. The van der Waals surface area contributed by atoms with E-state index >= 15 is 0 Å². The van der Waals surface area contributed by atoms with Crippen LogP contribution in [0, 0.1) is 6.92 Å². The lowest BCUT2D eigenvalue weighted by Gasteiger charge is -2.13. The number of imide groups is 1. The van der Waals surface area contributed by atoms with E-state index in [1.165, 1.54) is 4.90 Å². The average Bonchev–Trinajstić information content (AvgIpc) is 3.34. The molecule has 0 unspecified atom stereocenters. The van der Waals surface area contributed by atoms with Crippen LogP contribution in [0.2, 0.25) is 0 Å². The molecule has 0 N–H and O–H groups in total. The molecule has 9 heteroatoms. The number of aryl methyl sites for hydroxylation is 1. The number of aromatic nitrogens is 2. The van der Waals surface area contributed by atoms with Gasteiger partial charge in [0.2, 0.25) is 11.7 Å². The highest BCUT2D eigenvalue weighted by Gasteiger charge is 2.34. The molecule has 3 aromatic rings. The summed E-state index contributed by atoms with van der Waals surface area (Å²) in [6, 6.07) is 13.3. The molecule has 0 aliphatic carbocycles. The number of ether oxygens (including phenoxy) is 2. The topological polar surface area (TPSA) is 112 Å². The van der Waals surface area contributed by atoms with Gasteiger partial charge in [0.05, 0.1) is 23.3 Å². The van der Waals surface area contributed by atoms with E-state index in [1.807, 2.05) is 0 Å². The second-order valence-electron chi connectivity index (χ2n) is 7.19. The molecule has 32 heavy (non-hydrogen) atoms. The number of fused-ring (bicyclic) bond motifs is 1. The van der Waals surface area contributed by atoms with Gasteiger partial charge in [0.25, 0.3) is 11.8 Å². The van der Waals surface area contributed by atoms with Crippen molar-refractivity contribution in [2.75, 3.05) is 13.2 Å². The molecule has 2 aromatic carbocycles. The number of hydrogen-bond donors (Lipinski definition) is 0. The maximum Gasteiger partial charge on any atom is 0.338 e. The molecule has 4 rings (SSSR count). The van der Waals surface area contributed by atoms with Gasteiger partial charge in [0.15, 0.2) is 6.61 Å². The first-order valence-corrected chi connectivity index (χ1v) is 10.2. The Kier molecular flexibility index (Phi) is 6.25. The van der Waals surface area contributed by atoms with E-state index in [9.17, 15) is 14.4 Å². The van der Waals surface area contributed by atoms with Crippen LogP contribution in [-0.2, 0) is 11.3 Å². The minimum absolute atomic E-state index is 0.161. The van der Waals surface area contributed by atoms with E-state index in [1.54, 1.807) is 55.5 Å². The van der Waals surface area contributed by atoms with Crippen molar-refractivity contribution >= 4 is 17.8 Å². The lowest BCUT2D eigenvalue weighted by Crippen LogP contribution is -2.30. The van der Waals surface area contributed by atoms with Crippen LogP contribution < -0.4 is 4.74 Å². The van der Waals surface area contributed by atoms with Gasteiger partial charge >= 0.3 is 5.97 Å². The smallest absolute Gasteiger partial charge is 0.338 e. The van der Waals surface area contributed by atoms with Crippen molar-refractivity contribution in [3.63, 3.8) is 0 Å². The minimum atomic E-state index is -0.453. The number of rotatable bonds is 9. The zero-order valence-corrected chi connectivity index (χ0v) is 17.4. The first kappa shape index (κ1) is 21.2. The Labute approximate surface area is 183 Å². The summed E-state index contributed by atoms with van der Waals surface area (Å²) in [5.41, 5.74) is 1.26. The van der Waals surface area contributed by atoms with Crippen molar-refractivity contribution < 1.29 is 28.4 Å². The summed E-state index contributed by atoms with van der Waals surface area (Å²) >= 11 is 0. The third kappa shape index (κ3) is 4.66. The van der Waals surface area contributed by atoms with Crippen LogP contribution >= 0.6 is 0 Å². The molecule has 164 valence electrons. The lowest BCUT2D eigenvalue weighted by molar-refractivity contribution is 0.0485. The van der Waals surface area contributed by atoms with Gasteiger partial charge in [0, 0.05) is 13.5 Å². The number of unbranched alkanes of at least 4 members (excludes halogenated alkanes) is 1. The van der Waals surface area contributed by atoms with Gasteiger partial charge in [-0.2, -0.15) is 4.98 Å². The van der Waals surface area contributed by atoms with Gasteiger partial charge in [-0.3, -0.25) is 14.5 Å². The highest BCUT2D eigenvalue weighted by Crippen LogP contribution is 2.22. The lowest BCUT2D eigenvalue weighted by atomic mass is 10.1. The standard InChI is InChI=1S/C23H21N3O6/c1-15-24-20(25-32-15)14-31-17-10-8-16(9-11-17)23(29)30-13-5-4-12-26-21(27)18-6-2-3-7-19(18)22(26)28/h2-3,6-11H,4-5,12-14H2,1H3. The Hall–Kier alpha value is -4.01. The third-order valence-electron chi connectivity index (χ3n) is 4.91. The summed E-state index contributed by atoms with van der Waals surface area (Å²) in [7, 11) is 0. The Morgan fingerprint density at radius 3 is 2.31 bits per heavy atom. The number of esters is 1. The number of carbonyl (C=O) groups is 3. The number of hydrogen-bond acceptors (Lipinski definition) is 8. The summed E-state index contributed by atoms with van der Waals surface area (Å²) < 4.78 is 15.7. The molecule has 1 aliphatic rings. The van der Waals surface area contributed by atoms with E-state index in [-0.39, 0.29) is 31.6 Å². The van der Waals surface area contributed by atoms with Crippen molar-refractivity contribution in [1.29, 1.82) is 0 Å². The Morgan fingerprint density at radius 1 is 1.00 bits per heavy atom. The third-order valence-corrected chi connectivity index (χ3v) is 4.91. The molecule has 0 spiro atoms. The van der Waals surface area contributed by atoms with Crippen molar-refractivity contribution in [2.45, 2.75) is 26.4 Å². The van der Waals surface area contributed by atoms with Gasteiger partial charge in [-0.1, -0.05) is 17.3 Å². The summed E-state index contributed by atoms with van der Waals surface area (Å²) in [5.74, 6) is 0.451. The molecule has 0 atom stereocenters. The monoisotopic (exact) mass is 435 g/mol. The van der Waals surface area contributed by atoms with Gasteiger partial charge < -0.3 is 14.0 Å². The highest BCUT2D eigenvalue weighted by atomic mass is 16.5. The molecule has 2 heterocycles. The minimum Gasteiger partial charge on any atom is -0.485 e. The molecule has 0 saturated heterocycles. The zero-order valence-electron chi connectivity index (χ0n) is 17.4. The van der Waals surface area contributed by atoms with Crippen molar-refractivity contribution in [2.24, 2.45) is 0 Å². The van der Waals surface area contributed by atoms with Gasteiger partial charge in [-0.15, -0.1) is 0 Å². The van der Waals surface area contributed by atoms with Crippen molar-refractivity contribution in [1.82, 2.24) is 15.0 Å². The van der Waals surface area contributed by atoms with Gasteiger partial charge in [-0.05, 0) is 49.2 Å². The fourth-order valence-electron chi connectivity index (χ4n) is 3.30. The Balaban J connectivity index is 1.18. The first-order chi connectivity index (χ1) is 15.5. The van der Waals surface area contributed by atoms with Crippen LogP contribution in [0.15, 0.2) is 53.1 Å². The van der Waals surface area contributed by atoms with E-state index in [0.29, 0.717) is 47.0 Å². The average molecular weight is 435 g/mol. The largest absolute Gasteiger partial charge is 0.485 e. The summed E-state index contributed by atoms with van der Waals surface area (Å²) in [6.45, 7) is 2.34. The fourth-order valence-corrected chi connectivity index (χ4v) is 3.30. The molecule has 9 nitrogen and oxygen atoms in total. The quantitative estimate of drug-likeness (QED) is 0.286. The van der Waals surface area contributed by atoms with Crippen molar-refractivity contribution in [3.05, 3.63) is 76.9 Å². The van der Waals surface area contributed by atoms with E-state index in [0.717, 1.165) is 0 Å². The molecule has 1 aliphatic heterocycles. The molecular formula is C23H21N3O6. The van der Waals surface area contributed by atoms with E-state index < -0.39 is 5.97 Å². The number of benzene rings is 2. The van der Waals surface area contributed by atoms with Crippen molar-refractivity contribution in [3.8, 4) is 5.75 Å². The number of amides is 2. The predicted octanol–water partition coefficient (Wildman–Crippen LogP) is 3.19. The van der Waals surface area contributed by atoms with E-state index in [2.05, 4.69) is 10.1 Å². The van der Waals surface area contributed by atoms with Crippen LogP contribution in [-0.4, -0.2) is 46.0 Å². The van der Waals surface area contributed by atoms with Gasteiger partial charge in [0.1, 0.15) is 5.75 Å². The molecular weight excluding hydrogens is 414 g/mol. The molecule has 0 fully saturated rings. The maximum atomic E-state index is 12.3. The maximum absolute atomic E-state index is 12.3. The second kappa shape index (κ2) is 9.42. The summed E-state index contributed by atoms with van der Waals surface area (Å²) in [4.78, 5) is 42.1. The molecule has 0 bridgehead atoms. The number of carbonyl (C=O) groups excluding carboxylic acids is 3. The van der Waals surface area contributed by atoms with Crippen LogP contribution in [0.5, 0.6) is 5.75 Å². The summed E-state index contributed by atoms with van der Waals surface area (Å²) in [6.07, 6.45) is 1.07. The normalized spacial score (nSPS) is 12.7. The van der Waals surface area contributed by atoms with E-state index in [4.69, 9.17) is 14.0 Å². The summed E-state index contributed by atoms with van der Waals surface area (Å²) in [5, 5.41) is 3.74. The highest BCUT2D eigenvalue weighted by molar-refractivity contribution is 6.21. The predicted molar refractivity (Wildman–Crippen MR) is 111 cm³/mol. The molecule has 0 saturated carbocycles. The van der Waals surface area contributed by atoms with Crippen LogP contribution in [0.25, 0.3) is 0 Å². The second-order valence-corrected chi connectivity index (χ2v) is 7.19. The fraction of sp³-hybridized carbons (Fsp3) is 0.261. The Morgan fingerprint density at radius 2 is 1.69 bits per heavy atom.